The largest absolute Gasteiger partial charge is 0.480 e. The second-order valence-corrected chi connectivity index (χ2v) is 3.82. The summed E-state index contributed by atoms with van der Waals surface area (Å²) in [6.45, 7) is 1.12. The van der Waals surface area contributed by atoms with E-state index in [2.05, 4.69) is 5.32 Å². The summed E-state index contributed by atoms with van der Waals surface area (Å²) in [6, 6.07) is 5.77. The lowest BCUT2D eigenvalue weighted by Gasteiger charge is -2.08. The highest BCUT2D eigenvalue weighted by Gasteiger charge is 2.09. The van der Waals surface area contributed by atoms with E-state index in [0.717, 1.165) is 0 Å². The predicted molar refractivity (Wildman–Crippen MR) is 63.2 cm³/mol. The van der Waals surface area contributed by atoms with Crippen molar-refractivity contribution in [1.82, 2.24) is 5.32 Å². The second kappa shape index (κ2) is 6.98. The van der Waals surface area contributed by atoms with Crippen LogP contribution in [-0.4, -0.2) is 30.2 Å². The Bertz CT molecular complexity index is 371. The van der Waals surface area contributed by atoms with Crippen LogP contribution >= 0.6 is 0 Å². The molecule has 0 radical (unpaired) electrons. The lowest BCUT2D eigenvalue weighted by atomic mass is 10.1. The molecule has 94 valence electrons. The second-order valence-electron chi connectivity index (χ2n) is 3.82. The zero-order chi connectivity index (χ0) is 12.7. The Balaban J connectivity index is 2.17. The zero-order valence-corrected chi connectivity index (χ0v) is 9.53. The van der Waals surface area contributed by atoms with Gasteiger partial charge in [0.15, 0.2) is 0 Å². The average Bonchev–Trinajstić information content (AvgIpc) is 2.30. The molecule has 0 spiro atoms. The molecular formula is C12H17FN2O2. The van der Waals surface area contributed by atoms with Crippen molar-refractivity contribution >= 4 is 5.97 Å². The lowest BCUT2D eigenvalue weighted by molar-refractivity contribution is -0.138. The number of hydrogen-bond acceptors (Lipinski definition) is 3. The van der Waals surface area contributed by atoms with Gasteiger partial charge in [-0.15, -0.1) is 0 Å². The van der Waals surface area contributed by atoms with E-state index in [1.54, 1.807) is 18.2 Å². The molecule has 0 aliphatic rings. The normalized spacial score (nSPS) is 12.4. The van der Waals surface area contributed by atoms with Crippen LogP contribution < -0.4 is 11.1 Å². The van der Waals surface area contributed by atoms with Crippen molar-refractivity contribution < 1.29 is 14.3 Å². The molecule has 0 bridgehead atoms. The molecule has 4 nitrogen and oxygen atoms in total. The summed E-state index contributed by atoms with van der Waals surface area (Å²) in [4.78, 5) is 10.4. The minimum absolute atomic E-state index is 0.212. The molecule has 4 N–H and O–H groups in total. The molecule has 1 unspecified atom stereocenters. The van der Waals surface area contributed by atoms with Crippen molar-refractivity contribution in [2.75, 3.05) is 13.1 Å². The maximum atomic E-state index is 13.2. The summed E-state index contributed by atoms with van der Waals surface area (Å²) in [5.74, 6) is -1.21. The standard InChI is InChI=1S/C12H17FN2O2/c13-10-4-2-1-3-9(10)5-7-15-8-6-11(14)12(16)17/h1-4,11,15H,5-8,14H2,(H,16,17). The number of carboxylic acid groups (broad SMARTS) is 1. The fraction of sp³-hybridized carbons (Fsp3) is 0.417. The minimum Gasteiger partial charge on any atom is -0.480 e. The number of carbonyl (C=O) groups is 1. The third-order valence-corrected chi connectivity index (χ3v) is 2.48. The Morgan fingerprint density at radius 3 is 2.76 bits per heavy atom. The fourth-order valence-electron chi connectivity index (χ4n) is 1.43. The SMILES string of the molecule is NC(CCNCCc1ccccc1F)C(=O)O. The molecule has 0 aromatic heterocycles. The first-order valence-corrected chi connectivity index (χ1v) is 5.53. The molecular weight excluding hydrogens is 223 g/mol. The maximum Gasteiger partial charge on any atom is 0.320 e. The molecule has 0 heterocycles. The van der Waals surface area contributed by atoms with E-state index in [-0.39, 0.29) is 5.82 Å². The van der Waals surface area contributed by atoms with Gasteiger partial charge in [0, 0.05) is 0 Å². The van der Waals surface area contributed by atoms with Crippen LogP contribution in [0.15, 0.2) is 24.3 Å². The first-order valence-electron chi connectivity index (χ1n) is 5.53. The van der Waals surface area contributed by atoms with Gasteiger partial charge in [0.05, 0.1) is 0 Å². The van der Waals surface area contributed by atoms with Crippen molar-refractivity contribution in [3.05, 3.63) is 35.6 Å². The van der Waals surface area contributed by atoms with Crippen molar-refractivity contribution in [2.24, 2.45) is 5.73 Å². The summed E-state index contributed by atoms with van der Waals surface area (Å²) >= 11 is 0. The van der Waals surface area contributed by atoms with Crippen LogP contribution in [0.3, 0.4) is 0 Å². The van der Waals surface area contributed by atoms with E-state index < -0.39 is 12.0 Å². The van der Waals surface area contributed by atoms with E-state index >= 15 is 0 Å². The lowest BCUT2D eigenvalue weighted by Crippen LogP contribution is -2.34. The van der Waals surface area contributed by atoms with E-state index in [1.165, 1.54) is 6.07 Å². The van der Waals surface area contributed by atoms with Crippen molar-refractivity contribution in [3.8, 4) is 0 Å². The average molecular weight is 240 g/mol. The van der Waals surface area contributed by atoms with Gasteiger partial charge in [0.1, 0.15) is 11.9 Å². The summed E-state index contributed by atoms with van der Waals surface area (Å²) < 4.78 is 13.2. The smallest absolute Gasteiger partial charge is 0.320 e. The Kier molecular flexibility index (Phi) is 5.59. The third-order valence-electron chi connectivity index (χ3n) is 2.48. The molecule has 1 aromatic rings. The van der Waals surface area contributed by atoms with Gasteiger partial charge in [0.2, 0.25) is 0 Å². The van der Waals surface area contributed by atoms with Crippen LogP contribution in [0.5, 0.6) is 0 Å². The van der Waals surface area contributed by atoms with Crippen molar-refractivity contribution in [2.45, 2.75) is 18.9 Å². The number of nitrogens with one attached hydrogen (secondary N) is 1. The number of halogens is 1. The Morgan fingerprint density at radius 2 is 2.12 bits per heavy atom. The van der Waals surface area contributed by atoms with Gasteiger partial charge in [-0.05, 0) is 37.6 Å². The molecule has 0 amide bonds. The number of carboxylic acids is 1. The van der Waals surface area contributed by atoms with Crippen LogP contribution in [0.2, 0.25) is 0 Å². The highest BCUT2D eigenvalue weighted by molar-refractivity contribution is 5.72. The quantitative estimate of drug-likeness (QED) is 0.615. The molecule has 1 rings (SSSR count). The van der Waals surface area contributed by atoms with Crippen molar-refractivity contribution in [3.63, 3.8) is 0 Å². The minimum atomic E-state index is -0.999. The van der Waals surface area contributed by atoms with Crippen LogP contribution in [0, 0.1) is 5.82 Å². The Morgan fingerprint density at radius 1 is 1.41 bits per heavy atom. The molecule has 0 saturated carbocycles. The number of hydrogen-bond donors (Lipinski definition) is 3. The first-order chi connectivity index (χ1) is 8.11. The highest BCUT2D eigenvalue weighted by atomic mass is 19.1. The number of rotatable bonds is 7. The van der Waals surface area contributed by atoms with Gasteiger partial charge >= 0.3 is 5.97 Å². The first kappa shape index (κ1) is 13.6. The molecule has 0 aliphatic carbocycles. The van der Waals surface area contributed by atoms with Gasteiger partial charge < -0.3 is 16.2 Å². The maximum absolute atomic E-state index is 13.2. The Hall–Kier alpha value is -1.46. The van der Waals surface area contributed by atoms with Crippen LogP contribution in [0.1, 0.15) is 12.0 Å². The van der Waals surface area contributed by atoms with Crippen LogP contribution in [0.4, 0.5) is 4.39 Å². The number of aliphatic carboxylic acids is 1. The fourth-order valence-corrected chi connectivity index (χ4v) is 1.43. The summed E-state index contributed by atoms with van der Waals surface area (Å²) in [7, 11) is 0. The van der Waals surface area contributed by atoms with Crippen molar-refractivity contribution in [1.29, 1.82) is 0 Å². The highest BCUT2D eigenvalue weighted by Crippen LogP contribution is 2.05. The number of nitrogens with two attached hydrogens (primary N) is 1. The molecule has 5 heteroatoms. The van der Waals surface area contributed by atoms with E-state index in [9.17, 15) is 9.18 Å². The van der Waals surface area contributed by atoms with Crippen LogP contribution in [-0.2, 0) is 11.2 Å². The Labute approximate surface area is 99.6 Å². The monoisotopic (exact) mass is 240 g/mol. The molecule has 1 aromatic carbocycles. The van der Waals surface area contributed by atoms with Crippen LogP contribution in [0.25, 0.3) is 0 Å². The summed E-state index contributed by atoms with van der Waals surface area (Å²) in [6.07, 6.45) is 0.946. The number of benzene rings is 1. The van der Waals surface area contributed by atoms with Gasteiger partial charge in [-0.2, -0.15) is 0 Å². The molecule has 0 aliphatic heterocycles. The molecule has 17 heavy (non-hydrogen) atoms. The van der Waals surface area contributed by atoms with E-state index in [0.29, 0.717) is 31.5 Å². The predicted octanol–water partition coefficient (Wildman–Crippen LogP) is 0.760. The molecule has 0 saturated heterocycles. The van der Waals surface area contributed by atoms with Gasteiger partial charge in [-0.25, -0.2) is 4.39 Å². The molecule has 0 fully saturated rings. The van der Waals surface area contributed by atoms with Gasteiger partial charge in [0.25, 0.3) is 0 Å². The van der Waals surface area contributed by atoms with Gasteiger partial charge in [-0.1, -0.05) is 18.2 Å². The topological polar surface area (TPSA) is 75.3 Å². The summed E-state index contributed by atoms with van der Waals surface area (Å²) in [5.41, 5.74) is 5.99. The van der Waals surface area contributed by atoms with Gasteiger partial charge in [-0.3, -0.25) is 4.79 Å². The van der Waals surface area contributed by atoms with E-state index in [1.807, 2.05) is 0 Å². The summed E-state index contributed by atoms with van der Waals surface area (Å²) in [5, 5.41) is 11.6. The van der Waals surface area contributed by atoms with E-state index in [4.69, 9.17) is 10.8 Å². The molecule has 1 atom stereocenters. The third kappa shape index (κ3) is 4.93. The zero-order valence-electron chi connectivity index (χ0n) is 9.53.